The number of aliphatic hydroxyl groups is 1. The maximum Gasteiger partial charge on any atom is 0.123 e. The van der Waals surface area contributed by atoms with Crippen LogP contribution in [0.1, 0.15) is 44.6 Å². The van der Waals surface area contributed by atoms with Crippen LogP contribution in [-0.2, 0) is 11.2 Å². The first-order valence-electron chi connectivity index (χ1n) is 7.33. The van der Waals surface area contributed by atoms with Gasteiger partial charge in [0.25, 0.3) is 0 Å². The summed E-state index contributed by atoms with van der Waals surface area (Å²) in [5, 5.41) is 11.1. The number of hydrogen-bond donors (Lipinski definition) is 1. The van der Waals surface area contributed by atoms with Crippen molar-refractivity contribution >= 4 is 11.6 Å². The van der Waals surface area contributed by atoms with Crippen LogP contribution < -0.4 is 0 Å². The molecule has 1 aromatic carbocycles. The average molecular weight is 301 g/mol. The monoisotopic (exact) mass is 300 g/mol. The minimum absolute atomic E-state index is 0.328. The van der Waals surface area contributed by atoms with Gasteiger partial charge in [-0.2, -0.15) is 0 Å². The van der Waals surface area contributed by atoms with Crippen LogP contribution in [0.4, 0.5) is 4.39 Å². The highest BCUT2D eigenvalue weighted by atomic mass is 35.5. The highest BCUT2D eigenvalue weighted by molar-refractivity contribution is 6.31. The molecule has 1 aliphatic rings. The number of ether oxygens (including phenoxy) is 1. The van der Waals surface area contributed by atoms with E-state index in [9.17, 15) is 9.50 Å². The first-order valence-corrected chi connectivity index (χ1v) is 7.71. The van der Waals surface area contributed by atoms with E-state index in [1.165, 1.54) is 24.6 Å². The van der Waals surface area contributed by atoms with Crippen LogP contribution in [0.25, 0.3) is 0 Å². The lowest BCUT2D eigenvalue weighted by molar-refractivity contribution is -0.138. The van der Waals surface area contributed by atoms with E-state index in [1.807, 2.05) is 6.92 Å². The van der Waals surface area contributed by atoms with Crippen molar-refractivity contribution in [2.24, 2.45) is 0 Å². The lowest BCUT2D eigenvalue weighted by Gasteiger charge is -2.41. The molecule has 1 aromatic rings. The summed E-state index contributed by atoms with van der Waals surface area (Å²) in [6.45, 7) is 2.52. The zero-order valence-corrected chi connectivity index (χ0v) is 12.6. The van der Waals surface area contributed by atoms with E-state index in [0.717, 1.165) is 25.7 Å². The van der Waals surface area contributed by atoms with Crippen LogP contribution >= 0.6 is 11.6 Å². The maximum atomic E-state index is 13.3. The van der Waals surface area contributed by atoms with Crippen molar-refractivity contribution in [1.29, 1.82) is 0 Å². The minimum Gasteiger partial charge on any atom is -0.390 e. The summed E-state index contributed by atoms with van der Waals surface area (Å²) in [6, 6.07) is 4.26. The van der Waals surface area contributed by atoms with Crippen molar-refractivity contribution in [2.75, 3.05) is 6.61 Å². The lowest BCUT2D eigenvalue weighted by atomic mass is 9.78. The van der Waals surface area contributed by atoms with E-state index < -0.39 is 11.7 Å². The Labute approximate surface area is 124 Å². The molecule has 1 N–H and O–H groups in total. The topological polar surface area (TPSA) is 29.5 Å². The fourth-order valence-corrected chi connectivity index (χ4v) is 3.30. The predicted octanol–water partition coefficient (Wildman–Crippen LogP) is 4.12. The standard InChI is InChI=1S/C16H22ClFO2/c1-2-20-16(8-4-3-5-9-16)15(19)11-12-10-13(18)6-7-14(12)17/h6-7,10,15,19H,2-5,8-9,11H2,1H3. The Bertz CT molecular complexity index is 439. The van der Waals surface area contributed by atoms with Crippen molar-refractivity contribution in [1.82, 2.24) is 0 Å². The van der Waals surface area contributed by atoms with E-state index in [4.69, 9.17) is 16.3 Å². The molecule has 0 aliphatic heterocycles. The van der Waals surface area contributed by atoms with Crippen LogP contribution in [0.3, 0.4) is 0 Å². The third-order valence-corrected chi connectivity index (χ3v) is 4.53. The van der Waals surface area contributed by atoms with Gasteiger partial charge in [0.1, 0.15) is 5.82 Å². The average Bonchev–Trinajstić information content (AvgIpc) is 2.44. The molecule has 0 heterocycles. The molecule has 0 radical (unpaired) electrons. The molecule has 4 heteroatoms. The van der Waals surface area contributed by atoms with Gasteiger partial charge in [0.05, 0.1) is 11.7 Å². The van der Waals surface area contributed by atoms with Crippen LogP contribution in [0.2, 0.25) is 5.02 Å². The third-order valence-electron chi connectivity index (χ3n) is 4.16. The van der Waals surface area contributed by atoms with Gasteiger partial charge in [0.15, 0.2) is 0 Å². The Hall–Kier alpha value is -0.640. The maximum absolute atomic E-state index is 13.3. The van der Waals surface area contributed by atoms with Gasteiger partial charge in [-0.15, -0.1) is 0 Å². The van der Waals surface area contributed by atoms with Crippen molar-refractivity contribution in [3.05, 3.63) is 34.6 Å². The summed E-state index contributed by atoms with van der Waals surface area (Å²) in [5.74, 6) is -0.328. The molecule has 2 nitrogen and oxygen atoms in total. The molecule has 0 spiro atoms. The van der Waals surface area contributed by atoms with Gasteiger partial charge >= 0.3 is 0 Å². The molecule has 1 atom stereocenters. The molecular weight excluding hydrogens is 279 g/mol. The number of hydrogen-bond acceptors (Lipinski definition) is 2. The zero-order valence-electron chi connectivity index (χ0n) is 11.9. The molecule has 0 saturated heterocycles. The smallest absolute Gasteiger partial charge is 0.123 e. The summed E-state index contributed by atoms with van der Waals surface area (Å²) in [5.41, 5.74) is 0.145. The van der Waals surface area contributed by atoms with Gasteiger partial charge in [0.2, 0.25) is 0 Å². The van der Waals surface area contributed by atoms with Gasteiger partial charge in [-0.1, -0.05) is 30.9 Å². The highest BCUT2D eigenvalue weighted by Crippen LogP contribution is 2.36. The van der Waals surface area contributed by atoms with Crippen molar-refractivity contribution in [3.63, 3.8) is 0 Å². The van der Waals surface area contributed by atoms with Gasteiger partial charge in [0, 0.05) is 18.1 Å². The Morgan fingerprint density at radius 3 is 2.70 bits per heavy atom. The van der Waals surface area contributed by atoms with Gasteiger partial charge in [-0.05, 0) is 43.5 Å². The van der Waals surface area contributed by atoms with E-state index in [1.54, 1.807) is 0 Å². The van der Waals surface area contributed by atoms with E-state index in [0.29, 0.717) is 23.6 Å². The van der Waals surface area contributed by atoms with E-state index >= 15 is 0 Å². The molecular formula is C16H22ClFO2. The molecule has 20 heavy (non-hydrogen) atoms. The molecule has 1 fully saturated rings. The molecule has 1 saturated carbocycles. The number of benzene rings is 1. The summed E-state index contributed by atoms with van der Waals surface area (Å²) >= 11 is 6.08. The largest absolute Gasteiger partial charge is 0.390 e. The third kappa shape index (κ3) is 3.51. The summed E-state index contributed by atoms with van der Waals surface area (Å²) in [6.07, 6.45) is 4.70. The first-order chi connectivity index (χ1) is 9.57. The Morgan fingerprint density at radius 2 is 2.05 bits per heavy atom. The Kier molecular flexibility index (Phi) is 5.42. The molecule has 1 aliphatic carbocycles. The minimum atomic E-state index is -0.651. The van der Waals surface area contributed by atoms with Gasteiger partial charge < -0.3 is 9.84 Å². The van der Waals surface area contributed by atoms with E-state index in [-0.39, 0.29) is 5.82 Å². The first kappa shape index (κ1) is 15.7. The zero-order chi connectivity index (χ0) is 14.6. The second-order valence-electron chi connectivity index (χ2n) is 5.51. The van der Waals surface area contributed by atoms with E-state index in [2.05, 4.69) is 0 Å². The summed E-state index contributed by atoms with van der Waals surface area (Å²) in [7, 11) is 0. The molecule has 1 unspecified atom stereocenters. The Morgan fingerprint density at radius 1 is 1.35 bits per heavy atom. The fourth-order valence-electron chi connectivity index (χ4n) is 3.11. The van der Waals surface area contributed by atoms with Crippen molar-refractivity contribution in [3.8, 4) is 0 Å². The van der Waals surface area contributed by atoms with Crippen LogP contribution in [0.5, 0.6) is 0 Å². The molecule has 112 valence electrons. The SMILES string of the molecule is CCOC1(C(O)Cc2cc(F)ccc2Cl)CCCCC1. The van der Waals surface area contributed by atoms with Gasteiger partial charge in [-0.25, -0.2) is 4.39 Å². The summed E-state index contributed by atoms with van der Waals surface area (Å²) < 4.78 is 19.2. The highest BCUT2D eigenvalue weighted by Gasteiger charge is 2.39. The van der Waals surface area contributed by atoms with Crippen LogP contribution in [0.15, 0.2) is 18.2 Å². The second-order valence-corrected chi connectivity index (χ2v) is 5.92. The number of aliphatic hydroxyl groups excluding tert-OH is 1. The van der Waals surface area contributed by atoms with Gasteiger partial charge in [-0.3, -0.25) is 0 Å². The molecule has 0 bridgehead atoms. The quantitative estimate of drug-likeness (QED) is 0.886. The predicted molar refractivity (Wildman–Crippen MR) is 78.6 cm³/mol. The van der Waals surface area contributed by atoms with Crippen molar-refractivity contribution in [2.45, 2.75) is 57.2 Å². The number of halogens is 2. The normalized spacial score (nSPS) is 19.8. The fraction of sp³-hybridized carbons (Fsp3) is 0.625. The lowest BCUT2D eigenvalue weighted by Crippen LogP contribution is -2.47. The molecule has 0 aromatic heterocycles. The summed E-state index contributed by atoms with van der Waals surface area (Å²) in [4.78, 5) is 0. The van der Waals surface area contributed by atoms with Crippen LogP contribution in [-0.4, -0.2) is 23.4 Å². The molecule has 0 amide bonds. The second kappa shape index (κ2) is 6.88. The Balaban J connectivity index is 2.15. The number of rotatable bonds is 5. The van der Waals surface area contributed by atoms with Crippen LogP contribution in [0, 0.1) is 5.82 Å². The molecule has 2 rings (SSSR count). The van der Waals surface area contributed by atoms with Crippen molar-refractivity contribution < 1.29 is 14.2 Å².